The fraction of sp³-hybridized carbons (Fsp3) is 0.556. The van der Waals surface area contributed by atoms with E-state index in [1.807, 2.05) is 11.3 Å². The average Bonchev–Trinajstić information content (AvgIpc) is 3.31. The third-order valence-electron chi connectivity index (χ3n) is 5.12. The molecule has 0 aromatic carbocycles. The van der Waals surface area contributed by atoms with Gasteiger partial charge in [0, 0.05) is 29.7 Å². The predicted molar refractivity (Wildman–Crippen MR) is 95.3 cm³/mol. The molecule has 2 amide bonds. The van der Waals surface area contributed by atoms with Crippen molar-refractivity contribution in [1.82, 2.24) is 15.5 Å². The smallest absolute Gasteiger partial charge is 0.337 e. The molecule has 25 heavy (non-hydrogen) atoms. The van der Waals surface area contributed by atoms with Crippen molar-refractivity contribution in [2.24, 2.45) is 5.92 Å². The summed E-state index contributed by atoms with van der Waals surface area (Å²) in [5.41, 5.74) is 2.66. The van der Waals surface area contributed by atoms with E-state index in [0.717, 1.165) is 13.0 Å². The number of nitrogens with zero attached hydrogens (tertiary/aromatic N) is 1. The highest BCUT2D eigenvalue weighted by Gasteiger charge is 2.40. The molecule has 1 aliphatic carbocycles. The standard InChI is InChI=1S/C18H23N3O3S/c1-2-24-17(22)13-9-19-18(23)20-14(13)10-21-7-5-15-12(6-8-25-15)16(21)11-3-4-11/h6,8,11,16H,2-5,7,9-10H2,1H3,(H2,19,20,23)/t16-/m0/s1. The van der Waals surface area contributed by atoms with E-state index in [4.69, 9.17) is 4.74 Å². The quantitative estimate of drug-likeness (QED) is 0.789. The molecular formula is C18H23N3O3S. The van der Waals surface area contributed by atoms with Crippen molar-refractivity contribution in [3.63, 3.8) is 0 Å². The van der Waals surface area contributed by atoms with Crippen LogP contribution < -0.4 is 10.6 Å². The molecule has 1 atom stereocenters. The van der Waals surface area contributed by atoms with Crippen LogP contribution in [0.15, 0.2) is 22.7 Å². The monoisotopic (exact) mass is 361 g/mol. The molecule has 134 valence electrons. The molecular weight excluding hydrogens is 338 g/mol. The van der Waals surface area contributed by atoms with Crippen LogP contribution in [0.25, 0.3) is 0 Å². The molecule has 2 aliphatic heterocycles. The van der Waals surface area contributed by atoms with Crippen LogP contribution in [0.2, 0.25) is 0 Å². The Kier molecular flexibility index (Phi) is 4.52. The first-order valence-corrected chi connectivity index (χ1v) is 9.79. The van der Waals surface area contributed by atoms with Gasteiger partial charge in [-0.15, -0.1) is 11.3 Å². The molecule has 2 N–H and O–H groups in total. The number of thiophene rings is 1. The van der Waals surface area contributed by atoms with Crippen molar-refractivity contribution in [1.29, 1.82) is 0 Å². The van der Waals surface area contributed by atoms with Gasteiger partial charge in [-0.05, 0) is 49.1 Å². The molecule has 1 aromatic rings. The van der Waals surface area contributed by atoms with Crippen LogP contribution in [0.4, 0.5) is 4.79 Å². The highest BCUT2D eigenvalue weighted by atomic mass is 32.1. The van der Waals surface area contributed by atoms with E-state index in [1.165, 1.54) is 23.3 Å². The Morgan fingerprint density at radius 2 is 2.28 bits per heavy atom. The van der Waals surface area contributed by atoms with Crippen molar-refractivity contribution in [2.75, 3.05) is 26.2 Å². The summed E-state index contributed by atoms with van der Waals surface area (Å²) in [7, 11) is 0. The van der Waals surface area contributed by atoms with Gasteiger partial charge in [-0.2, -0.15) is 0 Å². The van der Waals surface area contributed by atoms with E-state index in [9.17, 15) is 9.59 Å². The summed E-state index contributed by atoms with van der Waals surface area (Å²) in [6.45, 7) is 3.89. The minimum absolute atomic E-state index is 0.228. The van der Waals surface area contributed by atoms with Crippen LogP contribution >= 0.6 is 11.3 Å². The molecule has 0 spiro atoms. The van der Waals surface area contributed by atoms with Gasteiger partial charge in [0.1, 0.15) is 0 Å². The van der Waals surface area contributed by atoms with Crippen LogP contribution in [0.3, 0.4) is 0 Å². The van der Waals surface area contributed by atoms with Crippen molar-refractivity contribution < 1.29 is 14.3 Å². The number of nitrogens with one attached hydrogen (secondary N) is 2. The lowest BCUT2D eigenvalue weighted by Crippen LogP contribution is -2.48. The number of hydrogen-bond acceptors (Lipinski definition) is 5. The summed E-state index contributed by atoms with van der Waals surface area (Å²) in [6.07, 6.45) is 3.55. The highest BCUT2D eigenvalue weighted by molar-refractivity contribution is 7.10. The molecule has 4 rings (SSSR count). The minimum Gasteiger partial charge on any atom is -0.463 e. The SMILES string of the molecule is CCOC(=O)C1=C(CN2CCc3sccc3[C@@H]2C2CC2)NC(=O)NC1. The maximum absolute atomic E-state index is 12.3. The summed E-state index contributed by atoms with van der Waals surface area (Å²) in [5.74, 6) is 0.346. The molecule has 0 radical (unpaired) electrons. The van der Waals surface area contributed by atoms with Gasteiger partial charge in [0.15, 0.2) is 0 Å². The first-order valence-electron chi connectivity index (χ1n) is 8.91. The summed E-state index contributed by atoms with van der Waals surface area (Å²) in [5, 5.41) is 7.69. The number of urea groups is 1. The Hall–Kier alpha value is -1.86. The largest absolute Gasteiger partial charge is 0.463 e. The van der Waals surface area contributed by atoms with Gasteiger partial charge in [0.2, 0.25) is 0 Å². The minimum atomic E-state index is -0.346. The highest BCUT2D eigenvalue weighted by Crippen LogP contribution is 2.48. The van der Waals surface area contributed by atoms with Crippen LogP contribution in [0.5, 0.6) is 0 Å². The van der Waals surface area contributed by atoms with Crippen molar-refractivity contribution in [3.8, 4) is 0 Å². The number of amides is 2. The second kappa shape index (κ2) is 6.80. The molecule has 0 saturated heterocycles. The van der Waals surface area contributed by atoms with E-state index in [2.05, 4.69) is 27.0 Å². The van der Waals surface area contributed by atoms with E-state index in [1.54, 1.807) is 6.92 Å². The van der Waals surface area contributed by atoms with Gasteiger partial charge in [-0.3, -0.25) is 4.90 Å². The Morgan fingerprint density at radius 1 is 1.44 bits per heavy atom. The summed E-state index contributed by atoms with van der Waals surface area (Å²) < 4.78 is 5.16. The first kappa shape index (κ1) is 16.6. The summed E-state index contributed by atoms with van der Waals surface area (Å²) >= 11 is 1.84. The molecule has 1 aromatic heterocycles. The average molecular weight is 361 g/mol. The molecule has 3 aliphatic rings. The maximum atomic E-state index is 12.3. The van der Waals surface area contributed by atoms with Crippen LogP contribution in [-0.4, -0.2) is 43.1 Å². The fourth-order valence-corrected chi connectivity index (χ4v) is 4.74. The number of esters is 1. The zero-order valence-electron chi connectivity index (χ0n) is 14.3. The number of carbonyl (C=O) groups is 2. The van der Waals surface area contributed by atoms with Gasteiger partial charge in [-0.25, -0.2) is 9.59 Å². The molecule has 6 nitrogen and oxygen atoms in total. The summed E-state index contributed by atoms with van der Waals surface area (Å²) in [6, 6.07) is 2.40. The van der Waals surface area contributed by atoms with Crippen molar-refractivity contribution in [3.05, 3.63) is 33.2 Å². The molecule has 1 saturated carbocycles. The predicted octanol–water partition coefficient (Wildman–Crippen LogP) is 2.19. The van der Waals surface area contributed by atoms with E-state index in [0.29, 0.717) is 36.4 Å². The molecule has 7 heteroatoms. The number of carbonyl (C=O) groups excluding carboxylic acids is 2. The zero-order chi connectivity index (χ0) is 17.4. The number of rotatable bonds is 5. The number of fused-ring (bicyclic) bond motifs is 1. The van der Waals surface area contributed by atoms with Gasteiger partial charge < -0.3 is 15.4 Å². The lowest BCUT2D eigenvalue weighted by atomic mass is 9.95. The van der Waals surface area contributed by atoms with Crippen LogP contribution in [0.1, 0.15) is 36.2 Å². The number of hydrogen-bond donors (Lipinski definition) is 2. The normalized spacial score (nSPS) is 23.7. The third-order valence-corrected chi connectivity index (χ3v) is 6.12. The van der Waals surface area contributed by atoms with Gasteiger partial charge in [0.05, 0.1) is 18.7 Å². The third kappa shape index (κ3) is 3.30. The van der Waals surface area contributed by atoms with Crippen molar-refractivity contribution in [2.45, 2.75) is 32.2 Å². The second-order valence-corrected chi connectivity index (χ2v) is 7.79. The maximum Gasteiger partial charge on any atom is 0.337 e. The Bertz CT molecular complexity index is 723. The fourth-order valence-electron chi connectivity index (χ4n) is 3.82. The van der Waals surface area contributed by atoms with Crippen LogP contribution in [0, 0.1) is 5.92 Å². The second-order valence-electron chi connectivity index (χ2n) is 6.79. The summed E-state index contributed by atoms with van der Waals surface area (Å²) in [4.78, 5) is 28.0. The van der Waals surface area contributed by atoms with E-state index in [-0.39, 0.29) is 18.5 Å². The van der Waals surface area contributed by atoms with Gasteiger partial charge >= 0.3 is 12.0 Å². The lowest BCUT2D eigenvalue weighted by molar-refractivity contribution is -0.138. The lowest BCUT2D eigenvalue weighted by Gasteiger charge is -2.37. The van der Waals surface area contributed by atoms with Crippen LogP contribution in [-0.2, 0) is 16.0 Å². The molecule has 1 fully saturated rings. The number of ether oxygens (including phenoxy) is 1. The van der Waals surface area contributed by atoms with Gasteiger partial charge in [-0.1, -0.05) is 0 Å². The Labute approximate surface area is 151 Å². The first-order chi connectivity index (χ1) is 12.2. The molecule has 0 bridgehead atoms. The van der Waals surface area contributed by atoms with E-state index < -0.39 is 0 Å². The van der Waals surface area contributed by atoms with Gasteiger partial charge in [0.25, 0.3) is 0 Å². The molecule has 3 heterocycles. The van der Waals surface area contributed by atoms with Crippen molar-refractivity contribution >= 4 is 23.3 Å². The van der Waals surface area contributed by atoms with E-state index >= 15 is 0 Å². The molecule has 0 unspecified atom stereocenters. The Balaban J connectivity index is 1.60. The zero-order valence-corrected chi connectivity index (χ0v) is 15.2. The Morgan fingerprint density at radius 3 is 3.04 bits per heavy atom. The topological polar surface area (TPSA) is 70.7 Å².